The van der Waals surface area contributed by atoms with Gasteiger partial charge in [0.2, 0.25) is 5.91 Å². The van der Waals surface area contributed by atoms with Crippen molar-refractivity contribution in [1.29, 1.82) is 0 Å². The van der Waals surface area contributed by atoms with Gasteiger partial charge in [-0.25, -0.2) is 9.59 Å². The van der Waals surface area contributed by atoms with Crippen LogP contribution in [-0.4, -0.2) is 92.2 Å². The van der Waals surface area contributed by atoms with Gasteiger partial charge in [0.15, 0.2) is 0 Å². The number of nitrogens with zero attached hydrogens (tertiary/aromatic N) is 3. The summed E-state index contributed by atoms with van der Waals surface area (Å²) >= 11 is 2.55. The number of β-lactam (4-membered cyclic amide) rings is 1. The number of carbonyl (C=O) groups excluding carboxylic acids is 5. The highest BCUT2D eigenvalue weighted by Gasteiger charge is 2.55. The number of carbonyl (C=O) groups is 6. The number of hydrogen-bond donors (Lipinski definition) is 3. The maximum Gasteiger partial charge on any atom is 0.353 e. The summed E-state index contributed by atoms with van der Waals surface area (Å²) in [6.45, 7) is 2.16. The Balaban J connectivity index is 1.08. The second-order valence-electron chi connectivity index (χ2n) is 11.5. The average Bonchev–Trinajstić information content (AvgIpc) is 3.48. The van der Waals surface area contributed by atoms with E-state index in [4.69, 9.17) is 4.42 Å². The van der Waals surface area contributed by atoms with Gasteiger partial charge in [0.05, 0.1) is 0 Å². The number of carboxylic acids is 1. The van der Waals surface area contributed by atoms with E-state index in [9.17, 15) is 33.9 Å². The maximum atomic E-state index is 13.7. The van der Waals surface area contributed by atoms with E-state index in [1.54, 1.807) is 37.3 Å². The molecule has 6 amide bonds. The zero-order valence-corrected chi connectivity index (χ0v) is 27.6. The van der Waals surface area contributed by atoms with Gasteiger partial charge in [-0.05, 0) is 36.8 Å². The number of piperazine rings is 1. The van der Waals surface area contributed by atoms with Crippen LogP contribution in [-0.2, 0) is 24.0 Å². The van der Waals surface area contributed by atoms with E-state index in [1.165, 1.54) is 33.3 Å². The van der Waals surface area contributed by atoms with Crippen LogP contribution in [0.1, 0.15) is 18.5 Å². The number of hydrogen-bond acceptors (Lipinski definition) is 9. The molecule has 2 saturated heterocycles. The van der Waals surface area contributed by atoms with Crippen molar-refractivity contribution in [3.63, 3.8) is 0 Å². The molecule has 3 aromatic carbocycles. The minimum absolute atomic E-state index is 0.0427. The number of aliphatic carboxylic acids is 1. The summed E-state index contributed by atoms with van der Waals surface area (Å²) in [6, 6.07) is 18.3. The Bertz CT molecular complexity index is 2080. The first-order valence-electron chi connectivity index (χ1n) is 15.4. The summed E-state index contributed by atoms with van der Waals surface area (Å²) in [5, 5.41) is 16.7. The van der Waals surface area contributed by atoms with Gasteiger partial charge < -0.3 is 25.1 Å². The van der Waals surface area contributed by atoms with Crippen molar-refractivity contribution >= 4 is 81.1 Å². The van der Waals surface area contributed by atoms with E-state index >= 15 is 0 Å². The van der Waals surface area contributed by atoms with Gasteiger partial charge in [0, 0.05) is 46.0 Å². The molecule has 1 unspecified atom stereocenters. The van der Waals surface area contributed by atoms with Crippen LogP contribution in [0.2, 0.25) is 0 Å². The molecule has 4 heterocycles. The van der Waals surface area contributed by atoms with E-state index in [2.05, 4.69) is 10.6 Å². The van der Waals surface area contributed by atoms with Gasteiger partial charge in [0.1, 0.15) is 34.3 Å². The van der Waals surface area contributed by atoms with Crippen LogP contribution in [0.4, 0.5) is 4.79 Å². The van der Waals surface area contributed by atoms with Crippen molar-refractivity contribution < 1.29 is 38.3 Å². The lowest BCUT2D eigenvalue weighted by Gasteiger charge is -2.49. The smallest absolute Gasteiger partial charge is 0.353 e. The van der Waals surface area contributed by atoms with Crippen LogP contribution in [0.25, 0.3) is 21.9 Å². The number of fused-ring (bicyclic) bond motifs is 4. The summed E-state index contributed by atoms with van der Waals surface area (Å²) in [7, 11) is 0. The lowest BCUT2D eigenvalue weighted by Crippen LogP contribution is -2.71. The molecule has 1 aromatic heterocycles. The lowest BCUT2D eigenvalue weighted by molar-refractivity contribution is -0.153. The van der Waals surface area contributed by atoms with Gasteiger partial charge in [-0.3, -0.25) is 29.0 Å². The molecule has 15 heteroatoms. The molecular weight excluding hydrogens is 671 g/mol. The van der Waals surface area contributed by atoms with Gasteiger partial charge in [-0.15, -0.1) is 11.8 Å². The van der Waals surface area contributed by atoms with E-state index in [0.717, 1.165) is 26.2 Å². The predicted octanol–water partition coefficient (Wildman–Crippen LogP) is 3.52. The third-order valence-corrected chi connectivity index (χ3v) is 11.2. The van der Waals surface area contributed by atoms with Crippen LogP contribution >= 0.6 is 23.5 Å². The van der Waals surface area contributed by atoms with Crippen LogP contribution in [0.3, 0.4) is 0 Å². The average molecular weight is 700 g/mol. The number of imide groups is 1. The minimum Gasteiger partial charge on any atom is -0.477 e. The molecule has 3 atom stereocenters. The van der Waals surface area contributed by atoms with Gasteiger partial charge >= 0.3 is 23.8 Å². The molecular formula is C34H29N5O8S2. The minimum atomic E-state index is -1.31. The molecule has 3 N–H and O–H groups in total. The Morgan fingerprint density at radius 2 is 1.69 bits per heavy atom. The molecule has 3 aliphatic heterocycles. The number of carboxylic acid groups (broad SMARTS) is 1. The number of thioether (sulfide) groups is 2. The fourth-order valence-corrected chi connectivity index (χ4v) is 8.64. The van der Waals surface area contributed by atoms with Crippen molar-refractivity contribution in [3.8, 4) is 0 Å². The quantitative estimate of drug-likeness (QED) is 0.183. The number of amides is 6. The first kappa shape index (κ1) is 32.3. The number of rotatable bonds is 8. The molecule has 7 rings (SSSR count). The Labute approximate surface area is 287 Å². The van der Waals surface area contributed by atoms with E-state index in [-0.39, 0.29) is 24.5 Å². The fraction of sp³-hybridized carbons (Fsp3) is 0.235. The Hall–Kier alpha value is -5.28. The number of para-hydroxylation sites is 1. The molecule has 0 aliphatic carbocycles. The third-order valence-electron chi connectivity index (χ3n) is 8.62. The van der Waals surface area contributed by atoms with Crippen molar-refractivity contribution in [2.75, 3.05) is 25.4 Å². The molecule has 0 bridgehead atoms. The Kier molecular flexibility index (Phi) is 8.54. The van der Waals surface area contributed by atoms with E-state index in [0.29, 0.717) is 22.6 Å². The normalized spacial score (nSPS) is 19.9. The first-order chi connectivity index (χ1) is 23.7. The summed E-state index contributed by atoms with van der Waals surface area (Å²) in [5.41, 5.74) is 1.63. The largest absolute Gasteiger partial charge is 0.477 e. The zero-order valence-electron chi connectivity index (χ0n) is 26.0. The topological polar surface area (TPSA) is 170 Å². The van der Waals surface area contributed by atoms with Crippen LogP contribution < -0.4 is 10.6 Å². The molecule has 0 spiro atoms. The number of likely N-dealkylation sites (N-methyl/N-ethyl adjacent to an activating group) is 1. The van der Waals surface area contributed by atoms with Gasteiger partial charge in [0.25, 0.3) is 5.91 Å². The SMILES string of the molecule is CCN1CCN(C(=O)NC(C(=O)N[C@@H]2C(=O)N3C(C(=O)O)=C(Sc4ccc5c(c4)oc4ccccc45)CS[C@H]23)c2ccccc2)C(=O)C1=O. The zero-order chi connectivity index (χ0) is 34.4. The van der Waals surface area contributed by atoms with Crippen LogP contribution in [0.5, 0.6) is 0 Å². The van der Waals surface area contributed by atoms with Crippen LogP contribution in [0.15, 0.2) is 92.7 Å². The molecule has 250 valence electrons. The summed E-state index contributed by atoms with van der Waals surface area (Å²) < 4.78 is 5.98. The summed E-state index contributed by atoms with van der Waals surface area (Å²) in [5.74, 6) is -4.15. The highest BCUT2D eigenvalue weighted by molar-refractivity contribution is 8.06. The Morgan fingerprint density at radius 1 is 0.959 bits per heavy atom. The highest BCUT2D eigenvalue weighted by Crippen LogP contribution is 2.46. The summed E-state index contributed by atoms with van der Waals surface area (Å²) in [6.07, 6.45) is 0. The number of urea groups is 1. The molecule has 49 heavy (non-hydrogen) atoms. The lowest BCUT2D eigenvalue weighted by atomic mass is 10.0. The number of nitrogens with one attached hydrogen (secondary N) is 2. The standard InChI is InChI=1S/C34H29N5O8S2/c1-2-37-14-15-38(31(43)30(37)42)34(46)36-25(18-8-4-3-5-9-18)28(40)35-26-29(41)39-27(33(44)45)24(17-48-32(26)39)49-19-12-13-21-20-10-6-7-11-22(20)47-23(21)16-19/h3-13,16,25-26,32H,2,14-15,17H2,1H3,(H,35,40)(H,36,46)(H,44,45)/t25?,26-,32-/m1/s1. The predicted molar refractivity (Wildman–Crippen MR) is 181 cm³/mol. The van der Waals surface area contributed by atoms with E-state index in [1.807, 2.05) is 42.5 Å². The number of furan rings is 1. The van der Waals surface area contributed by atoms with Crippen molar-refractivity contribution in [2.24, 2.45) is 0 Å². The van der Waals surface area contributed by atoms with Crippen molar-refractivity contribution in [1.82, 2.24) is 25.3 Å². The third kappa shape index (κ3) is 5.78. The summed E-state index contributed by atoms with van der Waals surface area (Å²) in [4.78, 5) is 82.4. The second kappa shape index (κ2) is 13.0. The maximum absolute atomic E-state index is 13.7. The second-order valence-corrected chi connectivity index (χ2v) is 13.7. The molecule has 0 radical (unpaired) electrons. The van der Waals surface area contributed by atoms with Gasteiger partial charge in [-0.1, -0.05) is 60.3 Å². The monoisotopic (exact) mass is 699 g/mol. The molecule has 3 aliphatic rings. The van der Waals surface area contributed by atoms with Crippen LogP contribution in [0, 0.1) is 0 Å². The number of benzene rings is 3. The fourth-order valence-electron chi connectivity index (χ4n) is 6.13. The molecule has 0 saturated carbocycles. The molecule has 13 nitrogen and oxygen atoms in total. The molecule has 4 aromatic rings. The molecule has 2 fully saturated rings. The van der Waals surface area contributed by atoms with Crippen molar-refractivity contribution in [2.45, 2.75) is 29.3 Å². The Morgan fingerprint density at radius 3 is 2.45 bits per heavy atom. The van der Waals surface area contributed by atoms with Gasteiger partial charge in [-0.2, -0.15) is 0 Å². The van der Waals surface area contributed by atoms with E-state index < -0.39 is 53.1 Å². The highest BCUT2D eigenvalue weighted by atomic mass is 32.2. The first-order valence-corrected chi connectivity index (χ1v) is 17.3. The van der Waals surface area contributed by atoms with Crippen molar-refractivity contribution in [3.05, 3.63) is 89.0 Å².